The Bertz CT molecular complexity index is 383. The molecule has 0 spiro atoms. The Kier molecular flexibility index (Phi) is 3.70. The van der Waals surface area contributed by atoms with Crippen LogP contribution in [-0.4, -0.2) is 4.92 Å². The molecule has 0 saturated heterocycles. The number of rotatable bonds is 2. The lowest BCUT2D eigenvalue weighted by atomic mass is 9.85. The maximum absolute atomic E-state index is 10.9. The first-order chi connectivity index (χ1) is 6.86. The van der Waals surface area contributed by atoms with Crippen LogP contribution < -0.4 is 0 Å². The second kappa shape index (κ2) is 4.47. The van der Waals surface area contributed by atoms with Crippen molar-refractivity contribution in [1.82, 2.24) is 0 Å². The molecule has 0 N–H and O–H groups in total. The number of nitrogens with zero attached hydrogens (tertiary/aromatic N) is 1. The summed E-state index contributed by atoms with van der Waals surface area (Å²) in [5.74, 6) is 0. The fraction of sp³-hybridized carbons (Fsp3) is 0.455. The van der Waals surface area contributed by atoms with Gasteiger partial charge >= 0.3 is 0 Å². The molecule has 0 unspecified atom stereocenters. The summed E-state index contributed by atoms with van der Waals surface area (Å²) in [5, 5.41) is 10.9. The first kappa shape index (κ1) is 12.4. The van der Waals surface area contributed by atoms with Gasteiger partial charge in [-0.15, -0.1) is 0 Å². The third-order valence-corrected chi connectivity index (χ3v) is 3.10. The number of hydrogen-bond acceptors (Lipinski definition) is 2. The van der Waals surface area contributed by atoms with Gasteiger partial charge in [0.2, 0.25) is 0 Å². The van der Waals surface area contributed by atoms with Crippen LogP contribution in [-0.2, 0) is 9.84 Å². The minimum atomic E-state index is -0.295. The average molecular weight is 319 g/mol. The zero-order chi connectivity index (χ0) is 11.6. The Morgan fingerprint density at radius 1 is 1.40 bits per heavy atom. The van der Waals surface area contributed by atoms with Crippen molar-refractivity contribution in [2.45, 2.75) is 30.6 Å². The van der Waals surface area contributed by atoms with E-state index in [4.69, 9.17) is 0 Å². The van der Waals surface area contributed by atoms with Gasteiger partial charge in [-0.25, -0.2) is 0 Å². The molecule has 0 aromatic heterocycles. The van der Waals surface area contributed by atoms with Crippen LogP contribution in [0.25, 0.3) is 0 Å². The van der Waals surface area contributed by atoms with Gasteiger partial charge in [0.25, 0.3) is 5.69 Å². The average Bonchev–Trinajstić information content (AvgIpc) is 2.15. The van der Waals surface area contributed by atoms with Crippen LogP contribution in [0.3, 0.4) is 0 Å². The summed E-state index contributed by atoms with van der Waals surface area (Å²) in [6.45, 7) is 5.96. The predicted molar refractivity (Wildman–Crippen MR) is 69.5 cm³/mol. The third-order valence-electron chi connectivity index (χ3n) is 2.22. The number of nitro benzene ring substituents is 1. The van der Waals surface area contributed by atoms with E-state index >= 15 is 0 Å². The Balaban J connectivity index is 3.34. The molecule has 82 valence electrons. The van der Waals surface area contributed by atoms with Crippen molar-refractivity contribution < 1.29 is 4.92 Å². The summed E-state index contributed by atoms with van der Waals surface area (Å²) in [7, 11) is 0. The van der Waals surface area contributed by atoms with E-state index in [9.17, 15) is 10.1 Å². The molecule has 0 saturated carbocycles. The van der Waals surface area contributed by atoms with Gasteiger partial charge in [-0.2, -0.15) is 0 Å². The van der Waals surface area contributed by atoms with E-state index in [1.165, 1.54) is 0 Å². The zero-order valence-corrected chi connectivity index (χ0v) is 11.2. The summed E-state index contributed by atoms with van der Waals surface area (Å²) in [6, 6.07) is 5.50. The molecule has 0 aliphatic rings. The second-order valence-electron chi connectivity index (χ2n) is 4.49. The lowest BCUT2D eigenvalue weighted by Crippen LogP contribution is -2.13. The third kappa shape index (κ3) is 2.90. The van der Waals surface area contributed by atoms with Crippen LogP contribution in [0, 0.1) is 10.1 Å². The van der Waals surface area contributed by atoms with Gasteiger partial charge in [-0.05, 0) is 11.0 Å². The monoisotopic (exact) mass is 319 g/mol. The van der Waals surface area contributed by atoms with Crippen LogP contribution >= 0.6 is 22.6 Å². The Labute approximate surface area is 103 Å². The Hall–Kier alpha value is -0.650. The van der Waals surface area contributed by atoms with Gasteiger partial charge in [0.15, 0.2) is 0 Å². The SMILES string of the molecule is CC(C)(C)c1ccc(CI)cc1[N+](=O)[O-]. The van der Waals surface area contributed by atoms with Crippen molar-refractivity contribution in [2.75, 3.05) is 0 Å². The molecule has 0 aliphatic carbocycles. The van der Waals surface area contributed by atoms with Gasteiger partial charge in [-0.3, -0.25) is 10.1 Å². The van der Waals surface area contributed by atoms with Crippen molar-refractivity contribution in [3.8, 4) is 0 Å². The molecular weight excluding hydrogens is 305 g/mol. The molecule has 0 heterocycles. The van der Waals surface area contributed by atoms with E-state index in [0.717, 1.165) is 15.6 Å². The summed E-state index contributed by atoms with van der Waals surface area (Å²) in [6.07, 6.45) is 0. The smallest absolute Gasteiger partial charge is 0.258 e. The highest BCUT2D eigenvalue weighted by Crippen LogP contribution is 2.32. The lowest BCUT2D eigenvalue weighted by molar-refractivity contribution is -0.386. The van der Waals surface area contributed by atoms with Gasteiger partial charge < -0.3 is 0 Å². The van der Waals surface area contributed by atoms with Crippen LogP contribution in [0.4, 0.5) is 5.69 Å². The van der Waals surface area contributed by atoms with Crippen molar-refractivity contribution in [3.05, 3.63) is 39.4 Å². The number of hydrogen-bond donors (Lipinski definition) is 0. The largest absolute Gasteiger partial charge is 0.273 e. The Morgan fingerprint density at radius 3 is 2.40 bits per heavy atom. The number of alkyl halides is 1. The predicted octanol–water partition coefficient (Wildman–Crippen LogP) is 3.83. The van der Waals surface area contributed by atoms with Gasteiger partial charge in [0.05, 0.1) is 4.92 Å². The molecule has 0 fully saturated rings. The molecule has 0 aliphatic heterocycles. The maximum Gasteiger partial charge on any atom is 0.273 e. The van der Waals surface area contributed by atoms with E-state index in [1.807, 2.05) is 32.9 Å². The quantitative estimate of drug-likeness (QED) is 0.360. The molecular formula is C11H14INO2. The molecule has 4 heteroatoms. The van der Waals surface area contributed by atoms with Gasteiger partial charge in [0, 0.05) is 16.1 Å². The zero-order valence-electron chi connectivity index (χ0n) is 9.08. The minimum absolute atomic E-state index is 0.188. The molecule has 1 aromatic carbocycles. The Morgan fingerprint density at radius 2 is 2.00 bits per heavy atom. The fourth-order valence-corrected chi connectivity index (χ4v) is 1.92. The molecule has 0 amide bonds. The van der Waals surface area contributed by atoms with Crippen molar-refractivity contribution in [3.63, 3.8) is 0 Å². The highest BCUT2D eigenvalue weighted by atomic mass is 127. The van der Waals surface area contributed by atoms with Crippen LogP contribution in [0.15, 0.2) is 18.2 Å². The molecule has 15 heavy (non-hydrogen) atoms. The van der Waals surface area contributed by atoms with Crippen LogP contribution in [0.5, 0.6) is 0 Å². The summed E-state index contributed by atoms with van der Waals surface area (Å²) >= 11 is 2.20. The van der Waals surface area contributed by atoms with Crippen LogP contribution in [0.2, 0.25) is 0 Å². The molecule has 3 nitrogen and oxygen atoms in total. The normalized spacial score (nSPS) is 11.5. The first-order valence-electron chi connectivity index (χ1n) is 4.70. The molecule has 1 aromatic rings. The summed E-state index contributed by atoms with van der Waals surface area (Å²) < 4.78 is 0.795. The number of benzene rings is 1. The van der Waals surface area contributed by atoms with E-state index < -0.39 is 0 Å². The topological polar surface area (TPSA) is 43.1 Å². The van der Waals surface area contributed by atoms with Crippen molar-refractivity contribution >= 4 is 28.3 Å². The molecule has 1 rings (SSSR count). The van der Waals surface area contributed by atoms with Gasteiger partial charge in [0.1, 0.15) is 0 Å². The van der Waals surface area contributed by atoms with Crippen LogP contribution in [0.1, 0.15) is 31.9 Å². The molecule has 0 atom stereocenters. The van der Waals surface area contributed by atoms with E-state index in [0.29, 0.717) is 0 Å². The standard InChI is InChI=1S/C11H14INO2/c1-11(2,3)9-5-4-8(7-12)6-10(9)13(14)15/h4-6H,7H2,1-3H3. The highest BCUT2D eigenvalue weighted by molar-refractivity contribution is 14.1. The van der Waals surface area contributed by atoms with E-state index in [-0.39, 0.29) is 16.0 Å². The summed E-state index contributed by atoms with van der Waals surface area (Å²) in [4.78, 5) is 10.6. The second-order valence-corrected chi connectivity index (χ2v) is 5.26. The van der Waals surface area contributed by atoms with E-state index in [1.54, 1.807) is 6.07 Å². The fourth-order valence-electron chi connectivity index (χ4n) is 1.45. The van der Waals surface area contributed by atoms with Gasteiger partial charge in [-0.1, -0.05) is 55.5 Å². The molecule has 0 bridgehead atoms. The minimum Gasteiger partial charge on any atom is -0.258 e. The summed E-state index contributed by atoms with van der Waals surface area (Å²) in [5.41, 5.74) is 1.83. The maximum atomic E-state index is 10.9. The lowest BCUT2D eigenvalue weighted by Gasteiger charge is -2.19. The molecule has 0 radical (unpaired) electrons. The number of nitro groups is 1. The van der Waals surface area contributed by atoms with Crippen molar-refractivity contribution in [1.29, 1.82) is 0 Å². The van der Waals surface area contributed by atoms with E-state index in [2.05, 4.69) is 22.6 Å². The van der Waals surface area contributed by atoms with Crippen molar-refractivity contribution in [2.24, 2.45) is 0 Å². The first-order valence-corrected chi connectivity index (χ1v) is 6.22. The number of halogens is 1. The highest BCUT2D eigenvalue weighted by Gasteiger charge is 2.24.